The molecule has 2 fully saturated rings. The van der Waals surface area contributed by atoms with Crippen molar-refractivity contribution < 1.29 is 14.4 Å². The van der Waals surface area contributed by atoms with E-state index in [2.05, 4.69) is 42.7 Å². The summed E-state index contributed by atoms with van der Waals surface area (Å²) in [5, 5.41) is 7.66. The van der Waals surface area contributed by atoms with Crippen LogP contribution in [0.15, 0.2) is 53.1 Å². The first-order valence-corrected chi connectivity index (χ1v) is 16.1. The third-order valence-electron chi connectivity index (χ3n) is 9.11. The molecule has 2 N–H and O–H groups in total. The Morgan fingerprint density at radius 2 is 1.73 bits per heavy atom. The molecule has 0 bridgehead atoms. The van der Waals surface area contributed by atoms with Gasteiger partial charge >= 0.3 is 0 Å². The number of amides is 3. The van der Waals surface area contributed by atoms with Gasteiger partial charge in [0.05, 0.1) is 0 Å². The standard InChI is InChI=1S/C33H38ClN3O3S/c1-33(2)16-15-28(27(18-33)20-3-5-22(34)6-4-20)35-23-7-9-24(10-8-23)41-25-11-12-26-21(17-25)19-37(32(26)40)29-13-14-30(38)36-31(29)39/h3-6,11-12,17,23-24,29,35H,7-10,13-16,18-19H2,1-2H3,(H,36,38,39). The van der Waals surface area contributed by atoms with Crippen molar-refractivity contribution in [3.63, 3.8) is 0 Å². The Kier molecular flexibility index (Phi) is 7.94. The number of hydrogen-bond acceptors (Lipinski definition) is 5. The molecule has 1 saturated heterocycles. The zero-order chi connectivity index (χ0) is 28.7. The third-order valence-corrected chi connectivity index (χ3v) is 10.7. The predicted molar refractivity (Wildman–Crippen MR) is 164 cm³/mol. The number of carbonyl (C=O) groups is 3. The van der Waals surface area contributed by atoms with Crippen molar-refractivity contribution in [2.75, 3.05) is 0 Å². The molecule has 1 unspecified atom stereocenters. The Balaban J connectivity index is 1.07. The van der Waals surface area contributed by atoms with Gasteiger partial charge in [0.1, 0.15) is 6.04 Å². The summed E-state index contributed by atoms with van der Waals surface area (Å²) in [5.41, 5.74) is 6.07. The average Bonchev–Trinajstić information content (AvgIpc) is 3.26. The fourth-order valence-electron chi connectivity index (χ4n) is 6.76. The third kappa shape index (κ3) is 6.21. The lowest BCUT2D eigenvalue weighted by atomic mass is 9.74. The lowest BCUT2D eigenvalue weighted by Gasteiger charge is -2.37. The molecular weight excluding hydrogens is 554 g/mol. The maximum atomic E-state index is 13.0. The zero-order valence-electron chi connectivity index (χ0n) is 23.8. The van der Waals surface area contributed by atoms with E-state index in [1.165, 1.54) is 28.1 Å². The van der Waals surface area contributed by atoms with Gasteiger partial charge in [-0.25, -0.2) is 0 Å². The van der Waals surface area contributed by atoms with Crippen molar-refractivity contribution in [1.82, 2.24) is 15.5 Å². The average molecular weight is 592 g/mol. The number of halogens is 1. The number of rotatable bonds is 6. The van der Waals surface area contributed by atoms with Crippen molar-refractivity contribution in [1.29, 1.82) is 0 Å². The summed E-state index contributed by atoms with van der Waals surface area (Å²) in [6.07, 6.45) is 8.60. The second-order valence-electron chi connectivity index (χ2n) is 12.8. The molecule has 1 atom stereocenters. The summed E-state index contributed by atoms with van der Waals surface area (Å²) >= 11 is 8.09. The van der Waals surface area contributed by atoms with Gasteiger partial charge in [0.25, 0.3) is 5.91 Å². The van der Waals surface area contributed by atoms with E-state index >= 15 is 0 Å². The van der Waals surface area contributed by atoms with Gasteiger partial charge < -0.3 is 10.2 Å². The lowest BCUT2D eigenvalue weighted by molar-refractivity contribution is -0.136. The first-order valence-electron chi connectivity index (χ1n) is 14.8. The highest BCUT2D eigenvalue weighted by Crippen LogP contribution is 2.43. The zero-order valence-corrected chi connectivity index (χ0v) is 25.4. The number of allylic oxidation sites excluding steroid dienone is 2. The summed E-state index contributed by atoms with van der Waals surface area (Å²) in [4.78, 5) is 39.7. The summed E-state index contributed by atoms with van der Waals surface area (Å²) in [7, 11) is 0. The SMILES string of the molecule is CC1(C)CCC(NC2CCC(Sc3ccc4c(c3)CN(C3CCC(=O)NC3=O)C4=O)CC2)=C(c2ccc(Cl)cc2)C1. The topological polar surface area (TPSA) is 78.5 Å². The van der Waals surface area contributed by atoms with Gasteiger partial charge in [-0.15, -0.1) is 11.8 Å². The molecule has 2 aliphatic carbocycles. The molecule has 3 amide bonds. The first kappa shape index (κ1) is 28.4. The maximum Gasteiger partial charge on any atom is 0.255 e. The van der Waals surface area contributed by atoms with E-state index in [1.54, 1.807) is 4.90 Å². The Hall–Kier alpha value is -2.77. The van der Waals surface area contributed by atoms with Crippen molar-refractivity contribution in [2.45, 2.75) is 100 Å². The van der Waals surface area contributed by atoms with E-state index in [0.29, 0.717) is 35.2 Å². The summed E-state index contributed by atoms with van der Waals surface area (Å²) < 4.78 is 0. The van der Waals surface area contributed by atoms with Crippen LogP contribution in [0.5, 0.6) is 0 Å². The molecule has 0 radical (unpaired) electrons. The number of imide groups is 1. The number of fused-ring (bicyclic) bond motifs is 1. The molecule has 1 saturated carbocycles. The van der Waals surface area contributed by atoms with Crippen LogP contribution in [0.2, 0.25) is 5.02 Å². The van der Waals surface area contributed by atoms with Crippen LogP contribution < -0.4 is 10.6 Å². The monoisotopic (exact) mass is 591 g/mol. The fraction of sp³-hybridized carbons (Fsp3) is 0.485. The Morgan fingerprint density at radius 1 is 0.976 bits per heavy atom. The van der Waals surface area contributed by atoms with Gasteiger partial charge in [-0.05, 0) is 104 Å². The Morgan fingerprint density at radius 3 is 2.46 bits per heavy atom. The van der Waals surface area contributed by atoms with Gasteiger partial charge in [-0.3, -0.25) is 19.7 Å². The summed E-state index contributed by atoms with van der Waals surface area (Å²) in [5.74, 6) is -0.744. The van der Waals surface area contributed by atoms with Crippen molar-refractivity contribution >= 4 is 46.7 Å². The minimum absolute atomic E-state index is 0.115. The maximum absolute atomic E-state index is 13.0. The van der Waals surface area contributed by atoms with Gasteiger partial charge in [-0.2, -0.15) is 0 Å². The molecule has 0 spiro atoms. The highest BCUT2D eigenvalue weighted by molar-refractivity contribution is 8.00. The van der Waals surface area contributed by atoms with Crippen LogP contribution in [0.4, 0.5) is 0 Å². The smallest absolute Gasteiger partial charge is 0.255 e. The number of piperidine rings is 1. The predicted octanol–water partition coefficient (Wildman–Crippen LogP) is 6.72. The number of nitrogens with zero attached hydrogens (tertiary/aromatic N) is 1. The van der Waals surface area contributed by atoms with Crippen LogP contribution in [0.25, 0.3) is 5.57 Å². The van der Waals surface area contributed by atoms with Crippen LogP contribution in [0.3, 0.4) is 0 Å². The molecule has 41 heavy (non-hydrogen) atoms. The van der Waals surface area contributed by atoms with Crippen LogP contribution >= 0.6 is 23.4 Å². The van der Waals surface area contributed by atoms with E-state index < -0.39 is 6.04 Å². The van der Waals surface area contributed by atoms with Gasteiger partial charge in [-0.1, -0.05) is 37.6 Å². The van der Waals surface area contributed by atoms with Crippen LogP contribution in [-0.2, 0) is 16.1 Å². The molecule has 0 aromatic heterocycles. The molecule has 2 aliphatic heterocycles. The molecule has 6 nitrogen and oxygen atoms in total. The molecule has 2 heterocycles. The molecule has 8 heteroatoms. The molecule has 2 aromatic carbocycles. The minimum Gasteiger partial charge on any atom is -0.385 e. The summed E-state index contributed by atoms with van der Waals surface area (Å²) in [6.45, 7) is 5.15. The van der Waals surface area contributed by atoms with E-state index in [-0.39, 0.29) is 24.1 Å². The lowest BCUT2D eigenvalue weighted by Crippen LogP contribution is -2.52. The molecule has 6 rings (SSSR count). The van der Waals surface area contributed by atoms with Crippen LogP contribution in [0, 0.1) is 5.41 Å². The number of nitrogens with one attached hydrogen (secondary N) is 2. The highest BCUT2D eigenvalue weighted by atomic mass is 35.5. The van der Waals surface area contributed by atoms with Gasteiger partial charge in [0.2, 0.25) is 11.8 Å². The number of thioether (sulfide) groups is 1. The Labute approximate surface area is 251 Å². The van der Waals surface area contributed by atoms with E-state index in [9.17, 15) is 14.4 Å². The van der Waals surface area contributed by atoms with Gasteiger partial charge in [0.15, 0.2) is 0 Å². The van der Waals surface area contributed by atoms with E-state index in [0.717, 1.165) is 49.1 Å². The molecule has 4 aliphatic rings. The fourth-order valence-corrected chi connectivity index (χ4v) is 8.14. The van der Waals surface area contributed by atoms with E-state index in [1.807, 2.05) is 36.0 Å². The number of carbonyl (C=O) groups excluding carboxylic acids is 3. The van der Waals surface area contributed by atoms with Gasteiger partial charge in [0, 0.05) is 45.4 Å². The Bertz CT molecular complexity index is 1390. The highest BCUT2D eigenvalue weighted by Gasteiger charge is 2.39. The molecular formula is C33H38ClN3O3S. The largest absolute Gasteiger partial charge is 0.385 e. The van der Waals surface area contributed by atoms with Crippen LogP contribution in [0.1, 0.15) is 93.1 Å². The second kappa shape index (κ2) is 11.5. The van der Waals surface area contributed by atoms with Crippen molar-refractivity contribution in [2.24, 2.45) is 5.41 Å². The molecule has 2 aromatic rings. The van der Waals surface area contributed by atoms with Crippen molar-refractivity contribution in [3.05, 3.63) is 69.9 Å². The number of benzene rings is 2. The quantitative estimate of drug-likeness (QED) is 0.365. The number of hydrogen-bond donors (Lipinski definition) is 2. The first-order chi connectivity index (χ1) is 19.6. The van der Waals surface area contributed by atoms with Crippen molar-refractivity contribution in [3.8, 4) is 0 Å². The summed E-state index contributed by atoms with van der Waals surface area (Å²) in [6, 6.07) is 14.3. The van der Waals surface area contributed by atoms with Crippen LogP contribution in [-0.4, -0.2) is 40.0 Å². The minimum atomic E-state index is -0.572. The second-order valence-corrected chi connectivity index (χ2v) is 14.6. The molecule has 216 valence electrons. The van der Waals surface area contributed by atoms with E-state index in [4.69, 9.17) is 11.6 Å². The normalized spacial score (nSPS) is 26.2.